The molecule has 0 radical (unpaired) electrons. The van der Waals surface area contributed by atoms with Crippen molar-refractivity contribution in [3.8, 4) is 0 Å². The molecule has 2 fully saturated rings. The predicted molar refractivity (Wildman–Crippen MR) is 82.8 cm³/mol. The van der Waals surface area contributed by atoms with E-state index >= 15 is 0 Å². The number of hydrogen-bond acceptors (Lipinski definition) is 4. The van der Waals surface area contributed by atoms with E-state index in [1.54, 1.807) is 0 Å². The molecule has 21 heavy (non-hydrogen) atoms. The maximum absolute atomic E-state index is 5.71. The summed E-state index contributed by atoms with van der Waals surface area (Å²) in [5, 5.41) is 4.78. The molecule has 2 unspecified atom stereocenters. The number of nitrogens with two attached hydrogens (primary N) is 1. The third kappa shape index (κ3) is 4.05. The standard InChI is InChI=1S/C16H28N4O/c17-18-14(12-16-7-4-10-21-16)11-13-8-9-20(19-13)15-5-2-1-3-6-15/h8-9,14-16,18H,1-7,10-12,17H2. The van der Waals surface area contributed by atoms with E-state index < -0.39 is 0 Å². The molecule has 0 amide bonds. The molecule has 0 aromatic carbocycles. The van der Waals surface area contributed by atoms with Crippen molar-refractivity contribution in [2.45, 2.75) is 76.0 Å². The molecule has 0 bridgehead atoms. The number of aromatic nitrogens is 2. The van der Waals surface area contributed by atoms with Gasteiger partial charge >= 0.3 is 0 Å². The van der Waals surface area contributed by atoms with Crippen LogP contribution in [0.1, 0.15) is 63.1 Å². The summed E-state index contributed by atoms with van der Waals surface area (Å²) in [5.41, 5.74) is 4.08. The predicted octanol–water partition coefficient (Wildman–Crippen LogP) is 2.33. The maximum atomic E-state index is 5.71. The van der Waals surface area contributed by atoms with Crippen molar-refractivity contribution in [1.82, 2.24) is 15.2 Å². The number of rotatable bonds is 6. The smallest absolute Gasteiger partial charge is 0.0640 e. The van der Waals surface area contributed by atoms with Gasteiger partial charge in [-0.2, -0.15) is 5.10 Å². The molecule has 1 aliphatic carbocycles. The highest BCUT2D eigenvalue weighted by Crippen LogP contribution is 2.27. The van der Waals surface area contributed by atoms with Gasteiger partial charge in [0.2, 0.25) is 0 Å². The van der Waals surface area contributed by atoms with Gasteiger partial charge in [-0.05, 0) is 38.2 Å². The lowest BCUT2D eigenvalue weighted by atomic mass is 9.96. The third-order valence-electron chi connectivity index (χ3n) is 4.88. The number of nitrogens with zero attached hydrogens (tertiary/aromatic N) is 2. The van der Waals surface area contributed by atoms with E-state index in [0.717, 1.165) is 31.6 Å². The minimum Gasteiger partial charge on any atom is -0.378 e. The van der Waals surface area contributed by atoms with Gasteiger partial charge in [-0.3, -0.25) is 16.0 Å². The second-order valence-corrected chi connectivity index (χ2v) is 6.52. The van der Waals surface area contributed by atoms with Gasteiger partial charge < -0.3 is 4.74 Å². The lowest BCUT2D eigenvalue weighted by molar-refractivity contribution is 0.0944. The molecule has 1 aliphatic heterocycles. The Bertz CT molecular complexity index is 422. The van der Waals surface area contributed by atoms with Crippen LogP contribution in [-0.4, -0.2) is 28.5 Å². The minimum absolute atomic E-state index is 0.253. The molecule has 1 aromatic rings. The molecule has 2 atom stereocenters. The van der Waals surface area contributed by atoms with E-state index in [1.165, 1.54) is 38.5 Å². The first-order valence-corrected chi connectivity index (χ1v) is 8.47. The Morgan fingerprint density at radius 2 is 2.14 bits per heavy atom. The lowest BCUT2D eigenvalue weighted by Crippen LogP contribution is -2.39. The quantitative estimate of drug-likeness (QED) is 0.624. The number of nitrogens with one attached hydrogen (secondary N) is 1. The average molecular weight is 292 g/mol. The highest BCUT2D eigenvalue weighted by atomic mass is 16.5. The summed E-state index contributed by atoms with van der Waals surface area (Å²) in [5.74, 6) is 5.71. The number of ether oxygens (including phenoxy) is 1. The van der Waals surface area contributed by atoms with Gasteiger partial charge in [0.15, 0.2) is 0 Å². The molecule has 3 rings (SSSR count). The van der Waals surface area contributed by atoms with E-state index in [4.69, 9.17) is 15.7 Å². The van der Waals surface area contributed by atoms with Crippen LogP contribution in [0, 0.1) is 0 Å². The van der Waals surface area contributed by atoms with Crippen molar-refractivity contribution < 1.29 is 4.74 Å². The summed E-state index contributed by atoms with van der Waals surface area (Å²) >= 11 is 0. The fourth-order valence-electron chi connectivity index (χ4n) is 3.65. The van der Waals surface area contributed by atoms with Crippen LogP contribution in [0.4, 0.5) is 0 Å². The van der Waals surface area contributed by atoms with Crippen molar-refractivity contribution in [3.05, 3.63) is 18.0 Å². The molecule has 1 saturated carbocycles. The molecule has 3 N–H and O–H groups in total. The summed E-state index contributed by atoms with van der Waals surface area (Å²) in [6.45, 7) is 0.901. The zero-order chi connectivity index (χ0) is 14.5. The summed E-state index contributed by atoms with van der Waals surface area (Å²) < 4.78 is 7.88. The molecular weight excluding hydrogens is 264 g/mol. The number of hydrazine groups is 1. The average Bonchev–Trinajstić information content (AvgIpc) is 3.19. The van der Waals surface area contributed by atoms with Crippen LogP contribution in [0.2, 0.25) is 0 Å². The van der Waals surface area contributed by atoms with Gasteiger partial charge in [-0.25, -0.2) is 0 Å². The van der Waals surface area contributed by atoms with E-state index in [2.05, 4.69) is 22.4 Å². The van der Waals surface area contributed by atoms with Crippen LogP contribution in [0.3, 0.4) is 0 Å². The SMILES string of the molecule is NNC(Cc1ccn(C2CCCCC2)n1)CC1CCCO1. The molecular formula is C16H28N4O. The summed E-state index contributed by atoms with van der Waals surface area (Å²) in [4.78, 5) is 0. The highest BCUT2D eigenvalue weighted by Gasteiger charge is 2.22. The largest absolute Gasteiger partial charge is 0.378 e. The minimum atomic E-state index is 0.253. The van der Waals surface area contributed by atoms with Crippen molar-refractivity contribution >= 4 is 0 Å². The molecule has 2 aliphatic rings. The molecule has 0 spiro atoms. The van der Waals surface area contributed by atoms with Gasteiger partial charge in [0.05, 0.1) is 17.8 Å². The monoisotopic (exact) mass is 292 g/mol. The maximum Gasteiger partial charge on any atom is 0.0640 e. The van der Waals surface area contributed by atoms with Crippen molar-refractivity contribution in [2.75, 3.05) is 6.61 Å². The van der Waals surface area contributed by atoms with E-state index in [9.17, 15) is 0 Å². The molecule has 5 nitrogen and oxygen atoms in total. The van der Waals surface area contributed by atoms with Crippen LogP contribution in [0.5, 0.6) is 0 Å². The summed E-state index contributed by atoms with van der Waals surface area (Å²) in [6.07, 6.45) is 13.3. The van der Waals surface area contributed by atoms with E-state index in [1.807, 2.05) is 0 Å². The van der Waals surface area contributed by atoms with Gasteiger partial charge in [0, 0.05) is 25.3 Å². The highest BCUT2D eigenvalue weighted by molar-refractivity contribution is 5.03. The lowest BCUT2D eigenvalue weighted by Gasteiger charge is -2.22. The Morgan fingerprint density at radius 3 is 2.86 bits per heavy atom. The van der Waals surface area contributed by atoms with Crippen LogP contribution >= 0.6 is 0 Å². The van der Waals surface area contributed by atoms with Gasteiger partial charge in [-0.1, -0.05) is 19.3 Å². The van der Waals surface area contributed by atoms with Crippen LogP contribution < -0.4 is 11.3 Å². The van der Waals surface area contributed by atoms with Crippen molar-refractivity contribution in [1.29, 1.82) is 0 Å². The first kappa shape index (κ1) is 15.0. The molecule has 1 saturated heterocycles. The van der Waals surface area contributed by atoms with Crippen LogP contribution in [0.15, 0.2) is 12.3 Å². The van der Waals surface area contributed by atoms with E-state index in [-0.39, 0.29) is 6.04 Å². The normalized spacial score (nSPS) is 25.3. The Morgan fingerprint density at radius 1 is 1.29 bits per heavy atom. The molecule has 118 valence electrons. The second kappa shape index (κ2) is 7.38. The Hall–Kier alpha value is -0.910. The van der Waals surface area contributed by atoms with Crippen molar-refractivity contribution in [3.63, 3.8) is 0 Å². The van der Waals surface area contributed by atoms with Gasteiger partial charge in [-0.15, -0.1) is 0 Å². The molecule has 1 aromatic heterocycles. The van der Waals surface area contributed by atoms with Crippen LogP contribution in [-0.2, 0) is 11.2 Å². The Labute approximate surface area is 127 Å². The topological polar surface area (TPSA) is 65.1 Å². The fraction of sp³-hybridized carbons (Fsp3) is 0.812. The summed E-state index contributed by atoms with van der Waals surface area (Å²) in [7, 11) is 0. The van der Waals surface area contributed by atoms with Crippen molar-refractivity contribution in [2.24, 2.45) is 5.84 Å². The van der Waals surface area contributed by atoms with Crippen LogP contribution in [0.25, 0.3) is 0 Å². The summed E-state index contributed by atoms with van der Waals surface area (Å²) in [6, 6.07) is 3.01. The molecule has 5 heteroatoms. The zero-order valence-electron chi connectivity index (χ0n) is 12.8. The Balaban J connectivity index is 1.54. The van der Waals surface area contributed by atoms with Gasteiger partial charge in [0.1, 0.15) is 0 Å². The molecule has 2 heterocycles. The van der Waals surface area contributed by atoms with E-state index in [0.29, 0.717) is 12.1 Å². The number of hydrogen-bond donors (Lipinski definition) is 2. The first-order valence-electron chi connectivity index (χ1n) is 8.47. The zero-order valence-corrected chi connectivity index (χ0v) is 12.8. The van der Waals surface area contributed by atoms with Gasteiger partial charge in [0.25, 0.3) is 0 Å². The fourth-order valence-corrected chi connectivity index (χ4v) is 3.65. The Kier molecular flexibility index (Phi) is 5.27. The second-order valence-electron chi connectivity index (χ2n) is 6.52. The third-order valence-corrected chi connectivity index (χ3v) is 4.88. The first-order chi connectivity index (χ1) is 10.3.